The number of nitrogens with zero attached hydrogens (tertiary/aromatic N) is 4. The summed E-state index contributed by atoms with van der Waals surface area (Å²) in [6, 6.07) is 32.1. The number of aliphatic imine (C=N–C) groups is 1. The molecule has 0 fully saturated rings. The predicted octanol–water partition coefficient (Wildman–Crippen LogP) is 7.14. The van der Waals surface area contributed by atoms with E-state index in [2.05, 4.69) is 20.9 Å². The van der Waals surface area contributed by atoms with E-state index in [1.165, 1.54) is 0 Å². The van der Waals surface area contributed by atoms with Crippen molar-refractivity contribution in [3.8, 4) is 5.75 Å². The fourth-order valence-electron chi connectivity index (χ4n) is 5.38. The second kappa shape index (κ2) is 17.2. The Labute approximate surface area is 284 Å². The number of nitrogens with one attached hydrogen (secondary N) is 2. The summed E-state index contributed by atoms with van der Waals surface area (Å²) in [4.78, 5) is 22.4. The minimum absolute atomic E-state index is 0.0458. The molecule has 1 heterocycles. The number of amides is 1. The van der Waals surface area contributed by atoms with Gasteiger partial charge < -0.3 is 14.6 Å². The third-order valence-electron chi connectivity index (χ3n) is 7.86. The highest BCUT2D eigenvalue weighted by Gasteiger charge is 2.53. The molecule has 3 N–H and O–H groups in total. The maximum Gasteiger partial charge on any atom is 0.266 e. The van der Waals surface area contributed by atoms with Crippen molar-refractivity contribution in [2.75, 3.05) is 19.8 Å². The smallest absolute Gasteiger partial charge is 0.266 e. The number of aliphatic hydroxyl groups excluding tert-OH is 1. The zero-order valence-electron chi connectivity index (χ0n) is 26.3. The van der Waals surface area contributed by atoms with Gasteiger partial charge in [-0.3, -0.25) is 10.2 Å². The zero-order valence-corrected chi connectivity index (χ0v) is 27.1. The Hall–Kier alpha value is -5.12. The molecule has 0 aliphatic carbocycles. The SMILES string of the molecule is [N-]=[N+]=NCc1ccccc1[C@@H]1OC(c2ccc(OCCCO)cc2)=N[C@]1(C/C=C/c1ccccc1)C(=O)NNCCc1ccc(Cl)cc1. The number of carbonyl (C=O) groups is 1. The summed E-state index contributed by atoms with van der Waals surface area (Å²) >= 11 is 6.04. The van der Waals surface area contributed by atoms with Crippen LogP contribution in [-0.2, 0) is 22.5 Å². The second-order valence-corrected chi connectivity index (χ2v) is 11.6. The highest BCUT2D eigenvalue weighted by Crippen LogP contribution is 2.44. The van der Waals surface area contributed by atoms with E-state index in [9.17, 15) is 4.79 Å². The van der Waals surface area contributed by atoms with Crippen LogP contribution < -0.4 is 15.6 Å². The monoisotopic (exact) mass is 664 g/mol. The molecule has 2 atom stereocenters. The van der Waals surface area contributed by atoms with Crippen molar-refractivity contribution in [3.63, 3.8) is 0 Å². The maximum absolute atomic E-state index is 14.4. The lowest BCUT2D eigenvalue weighted by Gasteiger charge is -2.31. The second-order valence-electron chi connectivity index (χ2n) is 11.2. The van der Waals surface area contributed by atoms with Crippen LogP contribution in [0.4, 0.5) is 0 Å². The van der Waals surface area contributed by atoms with Crippen LogP contribution in [0, 0.1) is 0 Å². The van der Waals surface area contributed by atoms with Crippen LogP contribution in [0.15, 0.2) is 119 Å². The standard InChI is InChI=1S/C37H37ClN6O4/c38-31-17-13-28(14-18-31)21-23-40-43-36(46)37(22-6-10-27-8-2-1-3-9-27)34(33-12-5-4-11-30(33)26-41-44-39)48-35(42-37)29-15-19-32(20-16-29)47-25-7-24-45/h1-6,8-20,34,40,45H,7,21-26H2,(H,43,46)/b10-6+/t34-,37-/m0/s1. The number of carbonyl (C=O) groups excluding carboxylic acids is 1. The zero-order chi connectivity index (χ0) is 33.6. The third-order valence-corrected chi connectivity index (χ3v) is 8.12. The topological polar surface area (TPSA) is 141 Å². The molecule has 10 nitrogen and oxygen atoms in total. The van der Waals surface area contributed by atoms with E-state index >= 15 is 0 Å². The number of aliphatic hydroxyl groups is 1. The maximum atomic E-state index is 14.4. The molecule has 1 aliphatic rings. The normalized spacial score (nSPS) is 17.0. The molecule has 0 radical (unpaired) electrons. The molecule has 246 valence electrons. The van der Waals surface area contributed by atoms with E-state index in [4.69, 9.17) is 36.7 Å². The van der Waals surface area contributed by atoms with Crippen molar-refractivity contribution in [3.05, 3.63) is 152 Å². The molecule has 0 saturated heterocycles. The average molecular weight is 665 g/mol. The molecule has 11 heteroatoms. The predicted molar refractivity (Wildman–Crippen MR) is 187 cm³/mol. The highest BCUT2D eigenvalue weighted by molar-refractivity contribution is 6.30. The Kier molecular flexibility index (Phi) is 12.2. The van der Waals surface area contributed by atoms with E-state index in [1.807, 2.05) is 103 Å². The van der Waals surface area contributed by atoms with Crippen LogP contribution >= 0.6 is 11.6 Å². The quantitative estimate of drug-likeness (QED) is 0.0384. The molecule has 1 aliphatic heterocycles. The number of rotatable bonds is 16. The molecule has 0 aromatic heterocycles. The lowest BCUT2D eigenvalue weighted by atomic mass is 9.82. The average Bonchev–Trinajstić information content (AvgIpc) is 3.51. The van der Waals surface area contributed by atoms with Crippen molar-refractivity contribution in [2.45, 2.75) is 37.5 Å². The van der Waals surface area contributed by atoms with Gasteiger partial charge in [0.05, 0.1) is 13.2 Å². The first-order valence-corrected chi connectivity index (χ1v) is 16.1. The molecule has 0 unspecified atom stereocenters. The van der Waals surface area contributed by atoms with Gasteiger partial charge in [0.2, 0.25) is 5.90 Å². The number of halogens is 1. The van der Waals surface area contributed by atoms with Crippen molar-refractivity contribution in [1.29, 1.82) is 0 Å². The summed E-state index contributed by atoms with van der Waals surface area (Å²) in [5, 5.41) is 13.6. The van der Waals surface area contributed by atoms with Crippen LogP contribution in [0.2, 0.25) is 5.02 Å². The van der Waals surface area contributed by atoms with Gasteiger partial charge in [-0.05, 0) is 70.6 Å². The Morgan fingerprint density at radius 2 is 1.79 bits per heavy atom. The molecular weight excluding hydrogens is 628 g/mol. The number of ether oxygens (including phenoxy) is 2. The van der Waals surface area contributed by atoms with Gasteiger partial charge >= 0.3 is 0 Å². The molecule has 5 rings (SSSR count). The van der Waals surface area contributed by atoms with E-state index in [-0.39, 0.29) is 25.5 Å². The van der Waals surface area contributed by atoms with Gasteiger partial charge in [0.1, 0.15) is 5.75 Å². The highest BCUT2D eigenvalue weighted by atomic mass is 35.5. The van der Waals surface area contributed by atoms with E-state index in [1.54, 1.807) is 12.1 Å². The first kappa shape index (κ1) is 34.2. The molecule has 4 aromatic carbocycles. The summed E-state index contributed by atoms with van der Waals surface area (Å²) < 4.78 is 12.3. The minimum atomic E-state index is -1.43. The molecule has 0 saturated carbocycles. The van der Waals surface area contributed by atoms with Crippen LogP contribution in [-0.4, -0.2) is 42.2 Å². The fourth-order valence-corrected chi connectivity index (χ4v) is 5.51. The summed E-state index contributed by atoms with van der Waals surface area (Å²) in [5.41, 5.74) is 17.8. The molecule has 4 aromatic rings. The minimum Gasteiger partial charge on any atom is -0.494 e. The summed E-state index contributed by atoms with van der Waals surface area (Å²) in [6.07, 6.45) is 4.43. The summed E-state index contributed by atoms with van der Waals surface area (Å²) in [7, 11) is 0. The third kappa shape index (κ3) is 8.82. The molecule has 48 heavy (non-hydrogen) atoms. The molecule has 0 spiro atoms. The summed E-state index contributed by atoms with van der Waals surface area (Å²) in [5.74, 6) is 0.561. The Balaban J connectivity index is 1.50. The lowest BCUT2D eigenvalue weighted by molar-refractivity contribution is -0.129. The van der Waals surface area contributed by atoms with Crippen molar-refractivity contribution >= 4 is 29.5 Å². The molecule has 1 amide bonds. The van der Waals surface area contributed by atoms with Crippen LogP contribution in [0.5, 0.6) is 5.75 Å². The van der Waals surface area contributed by atoms with Gasteiger partial charge in [-0.25, -0.2) is 10.4 Å². The van der Waals surface area contributed by atoms with Gasteiger partial charge in [0.25, 0.3) is 5.91 Å². The Morgan fingerprint density at radius 3 is 2.54 bits per heavy atom. The van der Waals surface area contributed by atoms with Crippen molar-refractivity contribution < 1.29 is 19.4 Å². The van der Waals surface area contributed by atoms with E-state index < -0.39 is 11.6 Å². The van der Waals surface area contributed by atoms with Crippen LogP contribution in [0.25, 0.3) is 16.5 Å². The number of hydrazine groups is 1. The first-order valence-electron chi connectivity index (χ1n) is 15.7. The van der Waals surface area contributed by atoms with Crippen molar-refractivity contribution in [1.82, 2.24) is 10.9 Å². The number of azide groups is 1. The van der Waals surface area contributed by atoms with Gasteiger partial charge in [0, 0.05) is 41.5 Å². The van der Waals surface area contributed by atoms with E-state index in [0.29, 0.717) is 53.8 Å². The van der Waals surface area contributed by atoms with Gasteiger partial charge in [-0.15, -0.1) is 0 Å². The Morgan fingerprint density at radius 1 is 1.04 bits per heavy atom. The van der Waals surface area contributed by atoms with Crippen LogP contribution in [0.1, 0.15) is 46.8 Å². The van der Waals surface area contributed by atoms with Crippen molar-refractivity contribution in [2.24, 2.45) is 10.1 Å². The summed E-state index contributed by atoms with van der Waals surface area (Å²) in [6.45, 7) is 0.985. The van der Waals surface area contributed by atoms with Gasteiger partial charge in [-0.2, -0.15) is 0 Å². The van der Waals surface area contributed by atoms with Gasteiger partial charge in [-0.1, -0.05) is 95.6 Å². The largest absolute Gasteiger partial charge is 0.494 e. The van der Waals surface area contributed by atoms with Crippen LogP contribution in [0.3, 0.4) is 0 Å². The lowest BCUT2D eigenvalue weighted by Crippen LogP contribution is -2.53. The number of benzene rings is 4. The molecular formula is C37H37ClN6O4. The Bertz CT molecular complexity index is 1760. The fraction of sp³-hybridized carbons (Fsp3) is 0.243. The van der Waals surface area contributed by atoms with Gasteiger partial charge in [0.15, 0.2) is 11.6 Å². The van der Waals surface area contributed by atoms with E-state index in [0.717, 1.165) is 16.7 Å². The number of hydrogen-bond acceptors (Lipinski definition) is 7. The molecule has 0 bridgehead atoms. The first-order chi connectivity index (χ1) is 23.5. The number of hydrogen-bond donors (Lipinski definition) is 3.